The van der Waals surface area contributed by atoms with Crippen LogP contribution in [0.1, 0.15) is 30.6 Å². The van der Waals surface area contributed by atoms with Crippen molar-refractivity contribution in [3.8, 4) is 11.4 Å². The molecule has 2 aromatic heterocycles. The fourth-order valence-electron chi connectivity index (χ4n) is 3.03. The van der Waals surface area contributed by atoms with Crippen LogP contribution in [0, 0.1) is 5.92 Å². The standard InChI is InChI=1S/C21H26N8O/c1-13(11-22)9-14(2)27-21-26-12-17(18(23)30)20(29-21)28-16-6-3-5-15(10-16)19-24-7-4-8-25-19/h3-8,10,12-14H,9,11,22H2,1-2H3,(H2,23,30)(H2,26,27,28,29). The number of anilines is 3. The van der Waals surface area contributed by atoms with E-state index in [2.05, 4.69) is 37.5 Å². The quantitative estimate of drug-likeness (QED) is 0.424. The van der Waals surface area contributed by atoms with Crippen molar-refractivity contribution < 1.29 is 4.79 Å². The summed E-state index contributed by atoms with van der Waals surface area (Å²) in [4.78, 5) is 29.1. The molecule has 1 aromatic carbocycles. The van der Waals surface area contributed by atoms with Gasteiger partial charge < -0.3 is 22.1 Å². The number of carbonyl (C=O) groups excluding carboxylic acids is 1. The van der Waals surface area contributed by atoms with Gasteiger partial charge in [-0.2, -0.15) is 4.98 Å². The van der Waals surface area contributed by atoms with Crippen molar-refractivity contribution in [2.24, 2.45) is 17.4 Å². The van der Waals surface area contributed by atoms with Gasteiger partial charge in [-0.1, -0.05) is 19.1 Å². The second kappa shape index (κ2) is 9.75. The highest BCUT2D eigenvalue weighted by Gasteiger charge is 2.15. The average Bonchev–Trinajstić information content (AvgIpc) is 2.74. The van der Waals surface area contributed by atoms with Crippen LogP contribution in [0.4, 0.5) is 17.5 Å². The highest BCUT2D eigenvalue weighted by atomic mass is 16.1. The molecule has 0 saturated carbocycles. The van der Waals surface area contributed by atoms with Gasteiger partial charge in [-0.3, -0.25) is 4.79 Å². The van der Waals surface area contributed by atoms with E-state index in [4.69, 9.17) is 11.5 Å². The second-order valence-corrected chi connectivity index (χ2v) is 7.22. The van der Waals surface area contributed by atoms with E-state index in [-0.39, 0.29) is 11.6 Å². The van der Waals surface area contributed by atoms with Crippen LogP contribution in [-0.4, -0.2) is 38.4 Å². The summed E-state index contributed by atoms with van der Waals surface area (Å²) in [5, 5.41) is 6.41. The van der Waals surface area contributed by atoms with Gasteiger partial charge in [0.2, 0.25) is 5.95 Å². The van der Waals surface area contributed by atoms with Crippen molar-refractivity contribution in [3.05, 3.63) is 54.5 Å². The second-order valence-electron chi connectivity index (χ2n) is 7.22. The fraction of sp³-hybridized carbons (Fsp3) is 0.286. The van der Waals surface area contributed by atoms with E-state index >= 15 is 0 Å². The summed E-state index contributed by atoms with van der Waals surface area (Å²) in [6.07, 6.45) is 5.66. The number of nitrogens with zero attached hydrogens (tertiary/aromatic N) is 4. The van der Waals surface area contributed by atoms with Crippen molar-refractivity contribution in [3.63, 3.8) is 0 Å². The van der Waals surface area contributed by atoms with Gasteiger partial charge in [0.25, 0.3) is 5.91 Å². The third kappa shape index (κ3) is 5.48. The lowest BCUT2D eigenvalue weighted by molar-refractivity contribution is 0.100. The van der Waals surface area contributed by atoms with Gasteiger partial charge >= 0.3 is 0 Å². The molecule has 2 heterocycles. The van der Waals surface area contributed by atoms with Crippen LogP contribution in [0.2, 0.25) is 0 Å². The Morgan fingerprint density at radius 1 is 1.13 bits per heavy atom. The van der Waals surface area contributed by atoms with Crippen molar-refractivity contribution in [2.45, 2.75) is 26.3 Å². The lowest BCUT2D eigenvalue weighted by Crippen LogP contribution is -2.24. The molecular weight excluding hydrogens is 380 g/mol. The lowest BCUT2D eigenvalue weighted by atomic mass is 10.0. The fourth-order valence-corrected chi connectivity index (χ4v) is 3.03. The molecule has 156 valence electrons. The van der Waals surface area contributed by atoms with Crippen LogP contribution in [0.25, 0.3) is 11.4 Å². The number of rotatable bonds is 9. The molecule has 9 nitrogen and oxygen atoms in total. The number of nitrogens with one attached hydrogen (secondary N) is 2. The number of amides is 1. The average molecular weight is 406 g/mol. The minimum Gasteiger partial charge on any atom is -0.365 e. The Bertz CT molecular complexity index is 995. The molecule has 0 spiro atoms. The summed E-state index contributed by atoms with van der Waals surface area (Å²) < 4.78 is 0. The molecular formula is C21H26N8O. The smallest absolute Gasteiger partial charge is 0.254 e. The van der Waals surface area contributed by atoms with Crippen LogP contribution < -0.4 is 22.1 Å². The van der Waals surface area contributed by atoms with Gasteiger partial charge in [-0.25, -0.2) is 15.0 Å². The molecule has 9 heteroatoms. The highest BCUT2D eigenvalue weighted by molar-refractivity contribution is 5.98. The number of aromatic nitrogens is 4. The zero-order chi connectivity index (χ0) is 21.5. The molecule has 0 aliphatic rings. The van der Waals surface area contributed by atoms with Gasteiger partial charge in [0, 0.05) is 35.9 Å². The SMILES string of the molecule is CC(CN)CC(C)Nc1ncc(C(N)=O)c(Nc2cccc(-c3ncccn3)c2)n1. The number of primary amides is 1. The van der Waals surface area contributed by atoms with Crippen molar-refractivity contribution in [1.82, 2.24) is 19.9 Å². The Morgan fingerprint density at radius 2 is 1.90 bits per heavy atom. The summed E-state index contributed by atoms with van der Waals surface area (Å²) >= 11 is 0. The normalized spacial score (nSPS) is 12.8. The minimum atomic E-state index is -0.614. The highest BCUT2D eigenvalue weighted by Crippen LogP contribution is 2.24. The molecule has 1 amide bonds. The van der Waals surface area contributed by atoms with Gasteiger partial charge in [0.15, 0.2) is 5.82 Å². The first-order valence-corrected chi connectivity index (χ1v) is 9.74. The Hall–Kier alpha value is -3.59. The zero-order valence-electron chi connectivity index (χ0n) is 17.0. The summed E-state index contributed by atoms with van der Waals surface area (Å²) in [5.41, 5.74) is 13.0. The molecule has 30 heavy (non-hydrogen) atoms. The molecule has 3 aromatic rings. The summed E-state index contributed by atoms with van der Waals surface area (Å²) in [7, 11) is 0. The topological polar surface area (TPSA) is 145 Å². The van der Waals surface area contributed by atoms with E-state index in [1.54, 1.807) is 18.5 Å². The minimum absolute atomic E-state index is 0.120. The van der Waals surface area contributed by atoms with Gasteiger partial charge in [0.1, 0.15) is 11.4 Å². The first kappa shape index (κ1) is 21.1. The predicted octanol–water partition coefficient (Wildman–Crippen LogP) is 2.56. The first-order valence-electron chi connectivity index (χ1n) is 9.74. The summed E-state index contributed by atoms with van der Waals surface area (Å²) in [5.74, 6) is 1.09. The van der Waals surface area contributed by atoms with Crippen molar-refractivity contribution in [2.75, 3.05) is 17.2 Å². The summed E-state index contributed by atoms with van der Waals surface area (Å²) in [6.45, 7) is 4.74. The lowest BCUT2D eigenvalue weighted by Gasteiger charge is -2.18. The maximum Gasteiger partial charge on any atom is 0.254 e. The van der Waals surface area contributed by atoms with Crippen LogP contribution in [-0.2, 0) is 0 Å². The Balaban J connectivity index is 1.84. The Kier molecular flexibility index (Phi) is 6.87. The molecule has 0 saturated heterocycles. The summed E-state index contributed by atoms with van der Waals surface area (Å²) in [6, 6.07) is 9.39. The molecule has 2 atom stereocenters. The van der Waals surface area contributed by atoms with Crippen LogP contribution in [0.3, 0.4) is 0 Å². The molecule has 0 aliphatic carbocycles. The van der Waals surface area contributed by atoms with Gasteiger partial charge in [-0.15, -0.1) is 0 Å². The largest absolute Gasteiger partial charge is 0.365 e. The van der Waals surface area contributed by atoms with E-state index < -0.39 is 5.91 Å². The molecule has 3 rings (SSSR count). The first-order chi connectivity index (χ1) is 14.5. The number of carbonyl (C=O) groups is 1. The Morgan fingerprint density at radius 3 is 2.60 bits per heavy atom. The number of nitrogens with two attached hydrogens (primary N) is 2. The van der Waals surface area contributed by atoms with Crippen molar-refractivity contribution in [1.29, 1.82) is 0 Å². The molecule has 0 fully saturated rings. The number of hydrogen-bond donors (Lipinski definition) is 4. The predicted molar refractivity (Wildman–Crippen MR) is 117 cm³/mol. The Labute approximate surface area is 175 Å². The van der Waals surface area contributed by atoms with E-state index in [0.29, 0.717) is 30.1 Å². The van der Waals surface area contributed by atoms with Gasteiger partial charge in [-0.05, 0) is 44.0 Å². The van der Waals surface area contributed by atoms with E-state index in [1.165, 1.54) is 6.20 Å². The number of hydrogen-bond acceptors (Lipinski definition) is 8. The molecule has 0 aliphatic heterocycles. The molecule has 2 unspecified atom stereocenters. The van der Waals surface area contributed by atoms with Crippen LogP contribution >= 0.6 is 0 Å². The van der Waals surface area contributed by atoms with E-state index in [0.717, 1.165) is 17.7 Å². The van der Waals surface area contributed by atoms with E-state index in [9.17, 15) is 4.79 Å². The van der Waals surface area contributed by atoms with E-state index in [1.807, 2.05) is 31.2 Å². The molecule has 6 N–H and O–H groups in total. The maximum absolute atomic E-state index is 11.9. The molecule has 0 radical (unpaired) electrons. The third-order valence-corrected chi connectivity index (χ3v) is 4.54. The number of benzene rings is 1. The van der Waals surface area contributed by atoms with Crippen LogP contribution in [0.5, 0.6) is 0 Å². The zero-order valence-corrected chi connectivity index (χ0v) is 17.0. The monoisotopic (exact) mass is 406 g/mol. The maximum atomic E-state index is 11.9. The van der Waals surface area contributed by atoms with Gasteiger partial charge in [0.05, 0.1) is 0 Å². The van der Waals surface area contributed by atoms with Crippen LogP contribution in [0.15, 0.2) is 48.9 Å². The third-order valence-electron chi connectivity index (χ3n) is 4.54. The molecule has 0 bridgehead atoms. The van der Waals surface area contributed by atoms with Crippen molar-refractivity contribution >= 4 is 23.4 Å².